The highest BCUT2D eigenvalue weighted by Crippen LogP contribution is 2.19. The molecule has 0 amide bonds. The quantitative estimate of drug-likeness (QED) is 0.675. The lowest BCUT2D eigenvalue weighted by molar-refractivity contribution is 0.865. The molecular weight excluding hydrogens is 218 g/mol. The molecule has 0 aliphatic carbocycles. The largest absolute Gasteiger partial charge is 0.256 e. The van der Waals surface area contributed by atoms with Crippen LogP contribution in [-0.2, 0) is 0 Å². The Morgan fingerprint density at radius 3 is 2.28 bits per heavy atom. The molecule has 0 saturated carbocycles. The van der Waals surface area contributed by atoms with Gasteiger partial charge in [-0.15, -0.1) is 0 Å². The Labute approximate surface area is 109 Å². The molecule has 0 aliphatic rings. The van der Waals surface area contributed by atoms with E-state index in [1.807, 2.05) is 18.3 Å². The average Bonchev–Trinajstić information content (AvgIpc) is 2.38. The van der Waals surface area contributed by atoms with Gasteiger partial charge in [-0.2, -0.15) is 0 Å². The van der Waals surface area contributed by atoms with Crippen molar-refractivity contribution in [2.24, 2.45) is 4.99 Å². The lowest BCUT2D eigenvalue weighted by Gasteiger charge is -2.08. The Bertz CT molecular complexity index is 536. The molecule has 0 bridgehead atoms. The third-order valence-corrected chi connectivity index (χ3v) is 3.00. The van der Waals surface area contributed by atoms with Crippen LogP contribution in [-0.4, -0.2) is 6.21 Å². The van der Waals surface area contributed by atoms with Crippen LogP contribution in [0.15, 0.2) is 53.5 Å². The van der Waals surface area contributed by atoms with E-state index >= 15 is 0 Å². The van der Waals surface area contributed by atoms with Gasteiger partial charge in [-0.3, -0.25) is 4.99 Å². The minimum atomic E-state index is 0.519. The zero-order valence-corrected chi connectivity index (χ0v) is 11.2. The summed E-state index contributed by atoms with van der Waals surface area (Å²) in [6.07, 6.45) is 1.96. The number of benzene rings is 2. The molecule has 2 rings (SSSR count). The second-order valence-corrected chi connectivity index (χ2v) is 4.88. The molecule has 1 nitrogen and oxygen atoms in total. The van der Waals surface area contributed by atoms with Crippen molar-refractivity contribution in [2.75, 3.05) is 0 Å². The summed E-state index contributed by atoms with van der Waals surface area (Å²) < 4.78 is 0. The monoisotopic (exact) mass is 237 g/mol. The predicted octanol–water partition coefficient (Wildman–Crippen LogP) is 4.87. The lowest BCUT2D eigenvalue weighted by atomic mass is 9.98. The van der Waals surface area contributed by atoms with Gasteiger partial charge in [0, 0.05) is 6.21 Å². The average molecular weight is 237 g/mol. The molecule has 18 heavy (non-hydrogen) atoms. The second kappa shape index (κ2) is 5.63. The van der Waals surface area contributed by atoms with E-state index in [2.05, 4.69) is 62.2 Å². The maximum atomic E-state index is 4.54. The lowest BCUT2D eigenvalue weighted by Crippen LogP contribution is -1.94. The number of hydrogen-bond acceptors (Lipinski definition) is 1. The van der Waals surface area contributed by atoms with E-state index in [-0.39, 0.29) is 0 Å². The highest BCUT2D eigenvalue weighted by Gasteiger charge is 2.02. The molecule has 0 heterocycles. The predicted molar refractivity (Wildman–Crippen MR) is 79.0 cm³/mol. The fourth-order valence-corrected chi connectivity index (χ4v) is 1.93. The van der Waals surface area contributed by atoms with E-state index in [1.54, 1.807) is 0 Å². The van der Waals surface area contributed by atoms with Crippen molar-refractivity contribution >= 4 is 11.9 Å². The zero-order valence-electron chi connectivity index (χ0n) is 11.2. The fourth-order valence-electron chi connectivity index (χ4n) is 1.93. The van der Waals surface area contributed by atoms with Crippen LogP contribution in [0.25, 0.3) is 0 Å². The van der Waals surface area contributed by atoms with E-state index in [0.717, 1.165) is 5.69 Å². The number of rotatable bonds is 3. The fraction of sp³-hybridized carbons (Fsp3) is 0.235. The van der Waals surface area contributed by atoms with Gasteiger partial charge in [0.15, 0.2) is 0 Å². The van der Waals surface area contributed by atoms with Gasteiger partial charge in [0.25, 0.3) is 0 Å². The molecule has 0 unspecified atom stereocenters. The molecule has 0 atom stereocenters. The van der Waals surface area contributed by atoms with E-state index in [9.17, 15) is 0 Å². The van der Waals surface area contributed by atoms with Gasteiger partial charge < -0.3 is 0 Å². The molecule has 0 N–H and O–H groups in total. The minimum Gasteiger partial charge on any atom is -0.256 e. The Morgan fingerprint density at radius 1 is 0.944 bits per heavy atom. The number of hydrogen-bond donors (Lipinski definition) is 0. The summed E-state index contributed by atoms with van der Waals surface area (Å²) in [5, 5.41) is 0. The SMILES string of the molecule is Cc1ccc(N=Cc2ccccc2C(C)C)cc1. The highest BCUT2D eigenvalue weighted by molar-refractivity contribution is 5.84. The molecule has 2 aromatic carbocycles. The van der Waals surface area contributed by atoms with Crippen LogP contribution in [0, 0.1) is 6.92 Å². The van der Waals surface area contributed by atoms with E-state index in [1.165, 1.54) is 16.7 Å². The third-order valence-electron chi connectivity index (χ3n) is 3.00. The van der Waals surface area contributed by atoms with Crippen molar-refractivity contribution in [3.8, 4) is 0 Å². The molecule has 0 radical (unpaired) electrons. The summed E-state index contributed by atoms with van der Waals surface area (Å²) in [4.78, 5) is 4.54. The first kappa shape index (κ1) is 12.6. The summed E-state index contributed by atoms with van der Waals surface area (Å²) in [6.45, 7) is 6.50. The molecule has 92 valence electrons. The highest BCUT2D eigenvalue weighted by atomic mass is 14.7. The number of aliphatic imine (C=N–C) groups is 1. The molecular formula is C17H19N. The van der Waals surface area contributed by atoms with E-state index in [0.29, 0.717) is 5.92 Å². The van der Waals surface area contributed by atoms with Crippen molar-refractivity contribution in [2.45, 2.75) is 26.7 Å². The smallest absolute Gasteiger partial charge is 0.0630 e. The number of nitrogens with zero attached hydrogens (tertiary/aromatic N) is 1. The van der Waals surface area contributed by atoms with Crippen molar-refractivity contribution < 1.29 is 0 Å². The summed E-state index contributed by atoms with van der Waals surface area (Å²) in [6, 6.07) is 16.7. The van der Waals surface area contributed by atoms with Crippen LogP contribution in [0.4, 0.5) is 5.69 Å². The normalized spacial score (nSPS) is 11.3. The van der Waals surface area contributed by atoms with Crippen molar-refractivity contribution in [1.82, 2.24) is 0 Å². The van der Waals surface area contributed by atoms with Crippen molar-refractivity contribution in [1.29, 1.82) is 0 Å². The van der Waals surface area contributed by atoms with E-state index in [4.69, 9.17) is 0 Å². The van der Waals surface area contributed by atoms with Crippen LogP contribution in [0.3, 0.4) is 0 Å². The van der Waals surface area contributed by atoms with Gasteiger partial charge in [-0.25, -0.2) is 0 Å². The van der Waals surface area contributed by atoms with E-state index < -0.39 is 0 Å². The van der Waals surface area contributed by atoms with Gasteiger partial charge in [-0.1, -0.05) is 55.8 Å². The van der Waals surface area contributed by atoms with Gasteiger partial charge >= 0.3 is 0 Å². The van der Waals surface area contributed by atoms with Crippen LogP contribution >= 0.6 is 0 Å². The first-order valence-corrected chi connectivity index (χ1v) is 6.36. The van der Waals surface area contributed by atoms with Gasteiger partial charge in [0.05, 0.1) is 5.69 Å². The first-order chi connectivity index (χ1) is 8.66. The molecule has 0 spiro atoms. The van der Waals surface area contributed by atoms with Crippen LogP contribution in [0.2, 0.25) is 0 Å². The van der Waals surface area contributed by atoms with Gasteiger partial charge in [0.1, 0.15) is 0 Å². The van der Waals surface area contributed by atoms with Crippen molar-refractivity contribution in [3.05, 3.63) is 65.2 Å². The summed E-state index contributed by atoms with van der Waals surface area (Å²) in [7, 11) is 0. The maximum absolute atomic E-state index is 4.54. The molecule has 0 saturated heterocycles. The first-order valence-electron chi connectivity index (χ1n) is 6.36. The standard InChI is InChI=1S/C17H19N/c1-13(2)17-7-5-4-6-15(17)12-18-16-10-8-14(3)9-11-16/h4-13H,1-3H3. The van der Waals surface area contributed by atoms with Crippen molar-refractivity contribution in [3.63, 3.8) is 0 Å². The summed E-state index contributed by atoms with van der Waals surface area (Å²) in [5.41, 5.74) is 4.80. The second-order valence-electron chi connectivity index (χ2n) is 4.88. The minimum absolute atomic E-state index is 0.519. The Balaban J connectivity index is 2.26. The molecule has 0 aromatic heterocycles. The van der Waals surface area contributed by atoms with Crippen LogP contribution < -0.4 is 0 Å². The molecule has 1 heteroatoms. The Hall–Kier alpha value is -1.89. The maximum Gasteiger partial charge on any atom is 0.0630 e. The molecule has 0 aliphatic heterocycles. The molecule has 2 aromatic rings. The zero-order chi connectivity index (χ0) is 13.0. The number of aryl methyl sites for hydroxylation is 1. The summed E-state index contributed by atoms with van der Waals surface area (Å²) >= 11 is 0. The van der Waals surface area contributed by atoms with Gasteiger partial charge in [0.2, 0.25) is 0 Å². The summed E-state index contributed by atoms with van der Waals surface area (Å²) in [5.74, 6) is 0.519. The Kier molecular flexibility index (Phi) is 3.93. The Morgan fingerprint density at radius 2 is 1.61 bits per heavy atom. The molecule has 0 fully saturated rings. The van der Waals surface area contributed by atoms with Crippen LogP contribution in [0.1, 0.15) is 36.5 Å². The third kappa shape index (κ3) is 3.07. The van der Waals surface area contributed by atoms with Crippen LogP contribution in [0.5, 0.6) is 0 Å². The topological polar surface area (TPSA) is 12.4 Å². The van der Waals surface area contributed by atoms with Gasteiger partial charge in [-0.05, 0) is 36.1 Å².